The molecule has 0 aliphatic carbocycles. The predicted octanol–water partition coefficient (Wildman–Crippen LogP) is -11.9. The van der Waals surface area contributed by atoms with Crippen LogP contribution in [0.2, 0.25) is 0 Å². The van der Waals surface area contributed by atoms with Gasteiger partial charge in [0.15, 0.2) is 18.9 Å². The Morgan fingerprint density at radius 2 is 1.07 bits per heavy atom. The third-order valence-electron chi connectivity index (χ3n) is 22.7. The van der Waals surface area contributed by atoms with Crippen LogP contribution in [0.4, 0.5) is 0 Å². The van der Waals surface area contributed by atoms with Gasteiger partial charge in [0.2, 0.25) is 70.9 Å². The predicted molar refractivity (Wildman–Crippen MR) is 455 cm³/mol. The van der Waals surface area contributed by atoms with Crippen LogP contribution in [0.5, 0.6) is 5.75 Å². The van der Waals surface area contributed by atoms with Gasteiger partial charge in [0.05, 0.1) is 51.1 Å². The smallest absolute Gasteiger partial charge is 0.446 e. The fourth-order valence-corrected chi connectivity index (χ4v) is 16.3. The third kappa shape index (κ3) is 32.2. The summed E-state index contributed by atoms with van der Waals surface area (Å²) in [5.41, 5.74) is 6.24. The van der Waals surface area contributed by atoms with Crippen molar-refractivity contribution >= 4 is 105 Å². The largest absolute Gasteiger partial charge is 0.481 e. The maximum Gasteiger partial charge on any atom is 0.446 e. The first kappa shape index (κ1) is 114. The van der Waals surface area contributed by atoms with Crippen molar-refractivity contribution in [2.24, 2.45) is 11.7 Å². The quantitative estimate of drug-likeness (QED) is 0.0274. The molecule has 0 aromatic heterocycles. The van der Waals surface area contributed by atoms with Crippen molar-refractivity contribution in [1.82, 2.24) is 58.1 Å². The highest BCUT2D eigenvalue weighted by molar-refractivity contribution is 7.81. The number of nitrogens with one attached hydrogen (secondary N) is 10. The molecule has 5 aliphatic heterocycles. The first-order chi connectivity index (χ1) is 64.7. The Labute approximate surface area is 786 Å². The van der Waals surface area contributed by atoms with Crippen LogP contribution in [0.25, 0.3) is 0 Å². The molecular weight excluding hydrogens is 1870 g/mol. The van der Waals surface area contributed by atoms with E-state index < -0.39 is 359 Å². The summed E-state index contributed by atoms with van der Waals surface area (Å²) in [6, 6.07) is -7.57. The minimum atomic E-state index is -4.95. The van der Waals surface area contributed by atoms with Crippen molar-refractivity contribution in [3.63, 3.8) is 0 Å². The molecule has 5 aliphatic rings. The molecule has 0 spiro atoms. The van der Waals surface area contributed by atoms with Crippen LogP contribution in [0.15, 0.2) is 54.6 Å². The Hall–Kier alpha value is -11.1. The van der Waals surface area contributed by atoms with Crippen LogP contribution < -0.4 is 63.1 Å². The number of likely N-dealkylation sites (tertiary alicyclic amines) is 1. The summed E-state index contributed by atoms with van der Waals surface area (Å²) in [5.74, 6) is -24.3. The molecule has 30 atom stereocenters. The summed E-state index contributed by atoms with van der Waals surface area (Å²) in [7, 11) is -4.95. The topological polar surface area (TPSA) is 864 Å². The number of nitrogens with zero attached hydrogens (tertiary/aromatic N) is 1. The fraction of sp³-hybridized carbons (Fsp3) is 0.659. The van der Waals surface area contributed by atoms with E-state index in [1.807, 2.05) is 0 Å². The van der Waals surface area contributed by atoms with Crippen LogP contribution >= 0.6 is 0 Å². The molecule has 28 N–H and O–H groups in total. The normalized spacial score (nSPS) is 28.1. The number of carbonyl (C=O) groups excluding carboxylic acids is 12. The molecule has 7 rings (SSSR count). The molecule has 56 heteroatoms. The van der Waals surface area contributed by atoms with Gasteiger partial charge in [-0.25, -0.2) is 4.79 Å². The van der Waals surface area contributed by atoms with Crippen LogP contribution in [-0.2, 0) is 138 Å². The highest BCUT2D eigenvalue weighted by Gasteiger charge is 2.61. The second-order valence-electron chi connectivity index (χ2n) is 33.9. The number of carboxylic acids is 4. The van der Waals surface area contributed by atoms with E-state index in [-0.39, 0.29) is 50.0 Å². The van der Waals surface area contributed by atoms with Gasteiger partial charge >= 0.3 is 34.3 Å². The molecule has 0 saturated carbocycles. The zero-order valence-corrected chi connectivity index (χ0v) is 76.3. The molecule has 0 unspecified atom stereocenters. The van der Waals surface area contributed by atoms with Gasteiger partial charge in [-0.3, -0.25) is 76.5 Å². The van der Waals surface area contributed by atoms with Gasteiger partial charge in [-0.05, 0) is 68.2 Å². The summed E-state index contributed by atoms with van der Waals surface area (Å²) in [5, 5.41) is 187. The minimum absolute atomic E-state index is 0.0566. The van der Waals surface area contributed by atoms with E-state index in [2.05, 4.69) is 57.4 Å². The lowest BCUT2D eigenvalue weighted by Gasteiger charge is -2.51. The van der Waals surface area contributed by atoms with E-state index >= 15 is 9.59 Å². The van der Waals surface area contributed by atoms with Crippen molar-refractivity contribution < 1.29 is 208 Å². The zero-order valence-electron chi connectivity index (χ0n) is 75.4. The number of primary amides is 1. The zero-order chi connectivity index (χ0) is 103. The lowest BCUT2D eigenvalue weighted by Crippen LogP contribution is -2.71. The summed E-state index contributed by atoms with van der Waals surface area (Å²) >= 11 is 0. The molecule has 138 heavy (non-hydrogen) atoms. The van der Waals surface area contributed by atoms with Crippen molar-refractivity contribution in [2.75, 3.05) is 33.0 Å². The van der Waals surface area contributed by atoms with Crippen LogP contribution in [-0.4, -0.2) is 405 Å². The Morgan fingerprint density at radius 1 is 0.551 bits per heavy atom. The van der Waals surface area contributed by atoms with Crippen molar-refractivity contribution in [3.05, 3.63) is 65.7 Å². The number of carbonyl (C=O) groups is 16. The van der Waals surface area contributed by atoms with E-state index in [4.69, 9.17) is 48.2 Å². The van der Waals surface area contributed by atoms with Gasteiger partial charge in [-0.1, -0.05) is 56.3 Å². The number of nitrogens with two attached hydrogens (primary N) is 1. The Kier molecular flexibility index (Phi) is 42.7. The van der Waals surface area contributed by atoms with Gasteiger partial charge < -0.3 is 182 Å². The molecule has 772 valence electrons. The van der Waals surface area contributed by atoms with Crippen molar-refractivity contribution in [3.8, 4) is 5.75 Å². The van der Waals surface area contributed by atoms with Crippen molar-refractivity contribution in [1.29, 1.82) is 0 Å². The van der Waals surface area contributed by atoms with Gasteiger partial charge in [0.25, 0.3) is 5.79 Å². The van der Waals surface area contributed by atoms with Gasteiger partial charge in [0.1, 0.15) is 146 Å². The maximum atomic E-state index is 15.1. The van der Waals surface area contributed by atoms with Gasteiger partial charge in [0, 0.05) is 66.3 Å². The molecule has 0 radical (unpaired) electrons. The van der Waals surface area contributed by atoms with E-state index in [0.717, 1.165) is 51.7 Å². The first-order valence-corrected chi connectivity index (χ1v) is 44.8. The minimum Gasteiger partial charge on any atom is -0.481 e. The number of aliphatic hydroxyl groups excluding tert-OH is 11. The second kappa shape index (κ2) is 51.7. The highest BCUT2D eigenvalue weighted by atomic mass is 32.3. The summed E-state index contributed by atoms with van der Waals surface area (Å²) in [4.78, 5) is 217. The summed E-state index contributed by atoms with van der Waals surface area (Å²) in [6.07, 6.45) is -45.5. The molecule has 2 aromatic rings. The lowest BCUT2D eigenvalue weighted by atomic mass is 9.88. The third-order valence-corrected chi connectivity index (χ3v) is 23.1. The fourth-order valence-electron chi connectivity index (χ4n) is 16.0. The number of hydrogen-bond donors (Lipinski definition) is 27. The molecule has 5 heterocycles. The maximum absolute atomic E-state index is 15.1. The van der Waals surface area contributed by atoms with E-state index in [9.17, 15) is 152 Å². The number of aliphatic hydroxyl groups is 11. The number of benzene rings is 2. The van der Waals surface area contributed by atoms with Crippen LogP contribution in [0.3, 0.4) is 0 Å². The Morgan fingerprint density at radius 3 is 1.61 bits per heavy atom. The second-order valence-corrected chi connectivity index (χ2v) is 34.9. The SMILES string of the molecule is CC(=O)N[C@H]1[C@H](OC[C@H]2O[C@H](O[C@H](C)[C@H](NC(=O)[C@H](CCC(=O)O)NC(=O)[C@@H]3CCCN3C(=O)[C@H](CC(C)C)NC(=O)[C@H](Cc3ccccc3)NC(=O)[C@H](CC(=O)O)NC(=O)[C@H](Cc3ccc(OS(=O)(=O)O)cc3)NC(C)=O)C(=O)N[C@@H](CCC(=O)O)C(N)=O)[C@H](NC(C)=O)[C@@H](O)[C@H]2O)O[C@H](CO)[C@@H](O[C@H]2O[C@H](CO)[C@H](O)[C@H](O[C@]3(C(=O)O)C[C@H](O)[C@@H](NC(C)=O)[C@H]([C@H](O)[C@H](O)CO)O3)[C@H]2O)[C@@H]1O. The summed E-state index contributed by atoms with van der Waals surface area (Å²) < 4.78 is 83.3. The number of hydrogen-bond acceptors (Lipinski definition) is 38. The first-order valence-electron chi connectivity index (χ1n) is 43.4. The van der Waals surface area contributed by atoms with E-state index in [1.165, 1.54) is 12.1 Å². The monoisotopic (exact) mass is 1990 g/mol. The van der Waals surface area contributed by atoms with Crippen molar-refractivity contribution in [2.45, 2.75) is 302 Å². The van der Waals surface area contributed by atoms with Crippen LogP contribution in [0, 0.1) is 5.92 Å². The van der Waals surface area contributed by atoms with Crippen LogP contribution in [0.1, 0.15) is 117 Å². The molecular formula is C82H120N12O43S. The number of ether oxygens (including phenoxy) is 8. The Balaban J connectivity index is 1.13. The molecule has 0 bridgehead atoms. The lowest BCUT2D eigenvalue weighted by molar-refractivity contribution is -0.383. The Bertz CT molecular complexity index is 4690. The number of rotatable bonds is 50. The average molecular weight is 1990 g/mol. The molecule has 5 fully saturated rings. The molecule has 55 nitrogen and oxygen atoms in total. The van der Waals surface area contributed by atoms with Gasteiger partial charge in [-0.15, -0.1) is 0 Å². The van der Waals surface area contributed by atoms with E-state index in [1.54, 1.807) is 44.2 Å². The van der Waals surface area contributed by atoms with E-state index in [0.29, 0.717) is 5.56 Å². The average Bonchev–Trinajstić information content (AvgIpc) is 1.30. The highest BCUT2D eigenvalue weighted by Crippen LogP contribution is 2.40. The number of amides is 12. The van der Waals surface area contributed by atoms with Gasteiger partial charge in [-0.2, -0.15) is 8.42 Å². The molecule has 5 saturated heterocycles. The molecule has 2 aromatic carbocycles. The molecule has 12 amide bonds. The summed E-state index contributed by atoms with van der Waals surface area (Å²) in [6.45, 7) is 3.29. The number of carboxylic acid groups (broad SMARTS) is 4. The number of aliphatic carboxylic acids is 4. The standard InChI is InChI=1S/C82H120N12O43S/c1-33(2)24-47(92-73(119)45(25-39-12-9-8-10-13-39)90-74(120)46(27-56(108)109)91-72(118)44(84-35(4)98)26-40-15-17-41(18-16-40)137-138(126,127)128)77(123)94-23-11-14-48(94)75(121)89-43(20-22-55(106)107)71(117)93-57(76(122)88-42(70(83)116)19-21-54(104)105)34(3)130-79-59(86-37(6)100)64(113)62(111)53(133-79)32-129-78-60(87-38(7)101)65(114)67(52(31-97)132-78)134-80-66(115)69(63(112)51(30-96)131-80)136-82(81(124)125)28-49(102)58(85-36(5)99)68(135-82)61(110)50(103)29-95/h8-10,12-13,15-18,33-34,42-53,57-69,78-80,95-97,102-103,110-115H,11,14,19-32H2,1-7H3,(H2,83,116)(H,84,98)(H,85,99)(H,86,100)(H,87,101)(H,88,122)(H,89,121)(H,90,120)(H,91,118)(H,92,119)(H,93,117)(H,104,105)(H,106,107)(H,108,109)(H,124,125)(H,126,127,128)/t34-,42+,43+,44+,45+,46+,47+,48+,49+,50-,51-,52-,53-,57+,58-,59-,60-,61-,62+,63+,64-,65-,66-,67-,68-,69+,78-,79+,80-,82+/m1/s1.